The van der Waals surface area contributed by atoms with Crippen molar-refractivity contribution in [2.75, 3.05) is 18.1 Å². The lowest BCUT2D eigenvalue weighted by molar-refractivity contribution is -0.117. The topological polar surface area (TPSA) is 87.1 Å². The molecule has 1 amide bonds. The van der Waals surface area contributed by atoms with Crippen molar-refractivity contribution < 1.29 is 24.5 Å². The number of amides is 1. The number of unbranched alkanes of at least 4 members (excludes halogenated alkanes) is 2. The standard InChI is InChI=1S/C24H31NO5S/c1-2-3-4-5-18(14-26)17-6-8-19(9-7-17)25-20(10-13-23(25)27)15-30-16-21-11-12-22(31-21)24(28)29/h6-9,11-12,18,20,26H,2-5,10,13-16H2,1H3,(H,28,29)/t18-,20?/m1/s1. The van der Waals surface area contributed by atoms with E-state index in [2.05, 4.69) is 6.92 Å². The number of carboxylic acid groups (broad SMARTS) is 1. The monoisotopic (exact) mass is 445 g/mol. The zero-order valence-electron chi connectivity index (χ0n) is 18.0. The number of anilines is 1. The molecule has 6 nitrogen and oxygen atoms in total. The van der Waals surface area contributed by atoms with Crippen LogP contribution in [0.25, 0.3) is 0 Å². The quantitative estimate of drug-likeness (QED) is 0.458. The van der Waals surface area contributed by atoms with Crippen LogP contribution in [0.3, 0.4) is 0 Å². The van der Waals surface area contributed by atoms with E-state index in [1.54, 1.807) is 12.1 Å². The number of benzene rings is 1. The fraction of sp³-hybridized carbons (Fsp3) is 0.500. The SMILES string of the molecule is CCCCC[C@H](CO)c1ccc(N2C(=O)CCC2COCc2ccc(C(=O)O)s2)cc1. The van der Waals surface area contributed by atoms with E-state index in [0.717, 1.165) is 41.8 Å². The number of aliphatic hydroxyl groups excluding tert-OH is 1. The van der Waals surface area contributed by atoms with E-state index in [9.17, 15) is 14.7 Å². The maximum atomic E-state index is 12.5. The minimum atomic E-state index is -0.930. The lowest BCUT2D eigenvalue weighted by Crippen LogP contribution is -2.36. The van der Waals surface area contributed by atoms with Crippen molar-refractivity contribution in [1.82, 2.24) is 0 Å². The van der Waals surface area contributed by atoms with Crippen molar-refractivity contribution in [3.63, 3.8) is 0 Å². The van der Waals surface area contributed by atoms with E-state index in [1.165, 1.54) is 17.8 Å². The number of carboxylic acids is 1. The lowest BCUT2D eigenvalue weighted by atomic mass is 9.93. The van der Waals surface area contributed by atoms with Gasteiger partial charge in [-0.2, -0.15) is 0 Å². The molecule has 1 aliphatic rings. The number of thiophene rings is 1. The predicted octanol–water partition coefficient (Wildman–Crippen LogP) is 4.81. The van der Waals surface area contributed by atoms with E-state index in [-0.39, 0.29) is 24.5 Å². The molecule has 7 heteroatoms. The van der Waals surface area contributed by atoms with E-state index in [4.69, 9.17) is 9.84 Å². The Balaban J connectivity index is 1.59. The van der Waals surface area contributed by atoms with E-state index < -0.39 is 5.97 Å². The summed E-state index contributed by atoms with van der Waals surface area (Å²) in [5.74, 6) is -0.705. The number of aromatic carboxylic acids is 1. The van der Waals surface area contributed by atoms with Crippen LogP contribution in [0, 0.1) is 0 Å². The highest BCUT2D eigenvalue weighted by Crippen LogP contribution is 2.30. The van der Waals surface area contributed by atoms with Gasteiger partial charge in [0.25, 0.3) is 0 Å². The second-order valence-corrected chi connectivity index (χ2v) is 9.18. The lowest BCUT2D eigenvalue weighted by Gasteiger charge is -2.25. The van der Waals surface area contributed by atoms with Crippen LogP contribution < -0.4 is 4.90 Å². The Morgan fingerprint density at radius 3 is 2.65 bits per heavy atom. The summed E-state index contributed by atoms with van der Waals surface area (Å²) in [7, 11) is 0. The maximum Gasteiger partial charge on any atom is 0.345 e. The molecule has 1 aromatic carbocycles. The van der Waals surface area contributed by atoms with Gasteiger partial charge in [0, 0.05) is 29.5 Å². The van der Waals surface area contributed by atoms with Gasteiger partial charge in [-0.3, -0.25) is 4.79 Å². The summed E-state index contributed by atoms with van der Waals surface area (Å²) in [4.78, 5) is 26.5. The van der Waals surface area contributed by atoms with Gasteiger partial charge in [-0.25, -0.2) is 4.79 Å². The molecule has 1 unspecified atom stereocenters. The van der Waals surface area contributed by atoms with E-state index in [0.29, 0.717) is 24.5 Å². The van der Waals surface area contributed by atoms with Gasteiger partial charge < -0.3 is 19.8 Å². The normalized spacial score (nSPS) is 17.3. The molecule has 168 valence electrons. The van der Waals surface area contributed by atoms with Crippen LogP contribution in [0.5, 0.6) is 0 Å². The Kier molecular flexibility index (Phi) is 8.63. The molecule has 2 aromatic rings. The number of hydrogen-bond donors (Lipinski definition) is 2. The highest BCUT2D eigenvalue weighted by atomic mass is 32.1. The van der Waals surface area contributed by atoms with Crippen molar-refractivity contribution in [3.05, 3.63) is 51.7 Å². The minimum Gasteiger partial charge on any atom is -0.477 e. The first kappa shape index (κ1) is 23.4. The third-order valence-electron chi connectivity index (χ3n) is 5.77. The van der Waals surface area contributed by atoms with Crippen LogP contribution >= 0.6 is 11.3 Å². The Labute approximate surface area is 187 Å². The molecule has 1 fully saturated rings. The van der Waals surface area contributed by atoms with Gasteiger partial charge >= 0.3 is 5.97 Å². The van der Waals surface area contributed by atoms with Crippen molar-refractivity contribution in [3.8, 4) is 0 Å². The molecule has 3 rings (SSSR count). The summed E-state index contributed by atoms with van der Waals surface area (Å²) in [5, 5.41) is 18.8. The van der Waals surface area contributed by atoms with E-state index in [1.807, 2.05) is 29.2 Å². The molecule has 0 aliphatic carbocycles. The van der Waals surface area contributed by atoms with Crippen LogP contribution in [0.4, 0.5) is 5.69 Å². The number of aliphatic hydroxyl groups is 1. The molecule has 0 radical (unpaired) electrons. The molecule has 1 saturated heterocycles. The van der Waals surface area contributed by atoms with Gasteiger partial charge in [0.2, 0.25) is 5.91 Å². The second kappa shape index (κ2) is 11.4. The van der Waals surface area contributed by atoms with Gasteiger partial charge in [-0.1, -0.05) is 38.3 Å². The van der Waals surface area contributed by atoms with Gasteiger partial charge in [0.15, 0.2) is 0 Å². The van der Waals surface area contributed by atoms with E-state index >= 15 is 0 Å². The number of carbonyl (C=O) groups is 2. The smallest absolute Gasteiger partial charge is 0.345 e. The number of carbonyl (C=O) groups excluding carboxylic acids is 1. The fourth-order valence-electron chi connectivity index (χ4n) is 4.03. The first-order valence-corrected chi connectivity index (χ1v) is 11.8. The van der Waals surface area contributed by atoms with Crippen molar-refractivity contribution in [1.29, 1.82) is 0 Å². The zero-order chi connectivity index (χ0) is 22.2. The molecule has 2 atom stereocenters. The second-order valence-electron chi connectivity index (χ2n) is 8.01. The molecule has 1 aliphatic heterocycles. The van der Waals surface area contributed by atoms with Crippen molar-refractivity contribution in [2.45, 2.75) is 64.0 Å². The van der Waals surface area contributed by atoms with Crippen LogP contribution in [-0.2, 0) is 16.1 Å². The maximum absolute atomic E-state index is 12.5. The van der Waals surface area contributed by atoms with Gasteiger partial charge in [0.1, 0.15) is 4.88 Å². The van der Waals surface area contributed by atoms with Crippen molar-refractivity contribution in [2.24, 2.45) is 0 Å². The molecule has 31 heavy (non-hydrogen) atoms. The molecular weight excluding hydrogens is 414 g/mol. The number of rotatable bonds is 12. The Bertz CT molecular complexity index is 863. The third kappa shape index (κ3) is 6.15. The van der Waals surface area contributed by atoms with Crippen LogP contribution in [-0.4, -0.2) is 41.3 Å². The molecule has 1 aromatic heterocycles. The summed E-state index contributed by atoms with van der Waals surface area (Å²) in [6.45, 7) is 3.05. The van der Waals surface area contributed by atoms with Gasteiger partial charge in [0.05, 0.1) is 19.3 Å². The number of nitrogens with zero attached hydrogens (tertiary/aromatic N) is 1. The van der Waals surface area contributed by atoms with Gasteiger partial charge in [-0.15, -0.1) is 11.3 Å². The summed E-state index contributed by atoms with van der Waals surface area (Å²) in [6.07, 6.45) is 5.63. The summed E-state index contributed by atoms with van der Waals surface area (Å²) < 4.78 is 5.82. The number of ether oxygens (including phenoxy) is 1. The van der Waals surface area contributed by atoms with Crippen molar-refractivity contribution >= 4 is 28.9 Å². The van der Waals surface area contributed by atoms with Crippen LogP contribution in [0.2, 0.25) is 0 Å². The average molecular weight is 446 g/mol. The molecule has 0 spiro atoms. The Morgan fingerprint density at radius 2 is 2.00 bits per heavy atom. The third-order valence-corrected chi connectivity index (χ3v) is 6.82. The molecule has 0 bridgehead atoms. The van der Waals surface area contributed by atoms with Crippen LogP contribution in [0.15, 0.2) is 36.4 Å². The Hall–Kier alpha value is -2.22. The molecule has 2 heterocycles. The Morgan fingerprint density at radius 1 is 1.23 bits per heavy atom. The highest BCUT2D eigenvalue weighted by Gasteiger charge is 2.32. The molecule has 0 saturated carbocycles. The van der Waals surface area contributed by atoms with Crippen LogP contribution in [0.1, 0.15) is 71.5 Å². The summed E-state index contributed by atoms with van der Waals surface area (Å²) in [5.41, 5.74) is 1.96. The largest absolute Gasteiger partial charge is 0.477 e. The summed E-state index contributed by atoms with van der Waals surface area (Å²) >= 11 is 1.21. The first-order valence-electron chi connectivity index (χ1n) is 11.0. The highest BCUT2D eigenvalue weighted by molar-refractivity contribution is 7.13. The molecular formula is C24H31NO5S. The molecule has 2 N–H and O–H groups in total. The minimum absolute atomic E-state index is 0.0320. The average Bonchev–Trinajstić information content (AvgIpc) is 3.39. The fourth-order valence-corrected chi connectivity index (χ4v) is 4.82. The predicted molar refractivity (Wildman–Crippen MR) is 122 cm³/mol. The first-order chi connectivity index (χ1) is 15.0. The summed E-state index contributed by atoms with van der Waals surface area (Å²) in [6, 6.07) is 11.3. The van der Waals surface area contributed by atoms with Gasteiger partial charge in [-0.05, 0) is 42.7 Å². The zero-order valence-corrected chi connectivity index (χ0v) is 18.8. The number of hydrogen-bond acceptors (Lipinski definition) is 5.